The summed E-state index contributed by atoms with van der Waals surface area (Å²) in [4.78, 5) is 4.59. The number of benzene rings is 1. The number of fused-ring (bicyclic) bond motifs is 1. The van der Waals surface area contributed by atoms with Crippen LogP contribution in [0.2, 0.25) is 0 Å². The van der Waals surface area contributed by atoms with Crippen LogP contribution in [0.1, 0.15) is 37.0 Å². The largest absolute Gasteiger partial charge is 0.323 e. The van der Waals surface area contributed by atoms with Crippen LogP contribution in [-0.4, -0.2) is 29.5 Å². The van der Waals surface area contributed by atoms with Gasteiger partial charge in [-0.2, -0.15) is 0 Å². The minimum Gasteiger partial charge on any atom is -0.323 e. The summed E-state index contributed by atoms with van der Waals surface area (Å²) in [5.41, 5.74) is 1.79. The van der Waals surface area contributed by atoms with Crippen molar-refractivity contribution in [3.05, 3.63) is 28.5 Å². The van der Waals surface area contributed by atoms with Crippen LogP contribution in [0.5, 0.6) is 0 Å². The van der Waals surface area contributed by atoms with E-state index in [0.29, 0.717) is 6.42 Å². The van der Waals surface area contributed by atoms with E-state index in [4.69, 9.17) is 11.6 Å². The highest BCUT2D eigenvalue weighted by atomic mass is 79.9. The lowest BCUT2D eigenvalue weighted by Crippen LogP contribution is -2.28. The summed E-state index contributed by atoms with van der Waals surface area (Å²) < 4.78 is 26.9. The molecule has 0 amide bonds. The van der Waals surface area contributed by atoms with Gasteiger partial charge in [-0.3, -0.25) is 0 Å². The molecule has 7 heteroatoms. The van der Waals surface area contributed by atoms with Crippen LogP contribution in [0, 0.1) is 0 Å². The minimum atomic E-state index is -2.98. The maximum Gasteiger partial charge on any atom is 0.152 e. The number of rotatable bonds is 2. The Morgan fingerprint density at radius 1 is 1.48 bits per heavy atom. The lowest BCUT2D eigenvalue weighted by Gasteiger charge is -2.26. The number of hydrogen-bond acceptors (Lipinski definition) is 3. The molecular weight excluding hydrogens is 376 g/mol. The molecule has 2 heterocycles. The maximum absolute atomic E-state index is 12.0. The SMILES string of the molecule is CC(Cl)c1nc2ccc(Br)cc2n1C1CCCS(=O)(=O)C1. The van der Waals surface area contributed by atoms with E-state index in [2.05, 4.69) is 20.9 Å². The van der Waals surface area contributed by atoms with Gasteiger partial charge in [0, 0.05) is 10.5 Å². The van der Waals surface area contributed by atoms with Gasteiger partial charge in [-0.05, 0) is 38.0 Å². The summed E-state index contributed by atoms with van der Waals surface area (Å²) in [5.74, 6) is 1.19. The average Bonchev–Trinajstić information content (AvgIpc) is 2.76. The molecule has 1 aliphatic rings. The van der Waals surface area contributed by atoms with Crippen molar-refractivity contribution in [3.8, 4) is 0 Å². The molecule has 0 aliphatic carbocycles. The van der Waals surface area contributed by atoms with Crippen LogP contribution < -0.4 is 0 Å². The Balaban J connectivity index is 2.19. The first kappa shape index (κ1) is 15.3. The molecule has 3 rings (SSSR count). The Morgan fingerprint density at radius 2 is 2.24 bits per heavy atom. The molecule has 1 saturated heterocycles. The van der Waals surface area contributed by atoms with E-state index < -0.39 is 9.84 Å². The molecule has 0 N–H and O–H groups in total. The fourth-order valence-electron chi connectivity index (χ4n) is 2.95. The monoisotopic (exact) mass is 390 g/mol. The molecule has 4 nitrogen and oxygen atoms in total. The molecule has 2 atom stereocenters. The number of nitrogens with zero attached hydrogens (tertiary/aromatic N) is 2. The second-order valence-corrected chi connectivity index (χ2v) is 9.30. The molecule has 1 fully saturated rings. The third-order valence-corrected chi connectivity index (χ3v) is 6.33. The first-order valence-electron chi connectivity index (χ1n) is 6.89. The van der Waals surface area contributed by atoms with Crippen molar-refractivity contribution in [2.45, 2.75) is 31.2 Å². The van der Waals surface area contributed by atoms with E-state index >= 15 is 0 Å². The van der Waals surface area contributed by atoms with E-state index in [9.17, 15) is 8.42 Å². The Labute approximate surface area is 137 Å². The summed E-state index contributed by atoms with van der Waals surface area (Å²) in [6, 6.07) is 5.75. The summed E-state index contributed by atoms with van der Waals surface area (Å²) >= 11 is 9.73. The predicted octanol–water partition coefficient (Wildman–Crippen LogP) is 3.85. The summed E-state index contributed by atoms with van der Waals surface area (Å²) in [7, 11) is -2.98. The van der Waals surface area contributed by atoms with Gasteiger partial charge in [0.25, 0.3) is 0 Å². The van der Waals surface area contributed by atoms with Gasteiger partial charge >= 0.3 is 0 Å². The van der Waals surface area contributed by atoms with E-state index in [-0.39, 0.29) is 22.9 Å². The van der Waals surface area contributed by atoms with Crippen LogP contribution in [0.4, 0.5) is 0 Å². The lowest BCUT2D eigenvalue weighted by atomic mass is 10.1. The Kier molecular flexibility index (Phi) is 4.05. The molecule has 2 aromatic rings. The van der Waals surface area contributed by atoms with Crippen molar-refractivity contribution in [2.24, 2.45) is 0 Å². The van der Waals surface area contributed by atoms with Gasteiger partial charge in [0.2, 0.25) is 0 Å². The predicted molar refractivity (Wildman–Crippen MR) is 88.6 cm³/mol. The maximum atomic E-state index is 12.0. The van der Waals surface area contributed by atoms with E-state index in [1.165, 1.54) is 0 Å². The molecule has 1 aliphatic heterocycles. The molecule has 0 saturated carbocycles. The standard InChI is InChI=1S/C14H16BrClN2O2S/c1-9(16)14-17-12-5-4-10(15)7-13(12)18(14)11-3-2-6-21(19,20)8-11/h4-5,7,9,11H,2-3,6,8H2,1H3. The smallest absolute Gasteiger partial charge is 0.152 e. The molecular formula is C14H16BrClN2O2S. The molecule has 21 heavy (non-hydrogen) atoms. The average molecular weight is 392 g/mol. The number of alkyl halides is 1. The second-order valence-electron chi connectivity index (χ2n) is 5.50. The summed E-state index contributed by atoms with van der Waals surface area (Å²) in [6.45, 7) is 1.87. The van der Waals surface area contributed by atoms with Crippen molar-refractivity contribution in [1.82, 2.24) is 9.55 Å². The number of hydrogen-bond donors (Lipinski definition) is 0. The highest BCUT2D eigenvalue weighted by molar-refractivity contribution is 9.10. The first-order valence-corrected chi connectivity index (χ1v) is 9.94. The molecule has 114 valence electrons. The minimum absolute atomic E-state index is 0.0840. The number of halogens is 2. The second kappa shape index (κ2) is 5.56. The lowest BCUT2D eigenvalue weighted by molar-refractivity contribution is 0.466. The van der Waals surface area contributed by atoms with Gasteiger partial charge < -0.3 is 4.57 Å². The highest BCUT2D eigenvalue weighted by Crippen LogP contribution is 2.33. The molecule has 0 bridgehead atoms. The fourth-order valence-corrected chi connectivity index (χ4v) is 5.13. The Morgan fingerprint density at radius 3 is 2.90 bits per heavy atom. The van der Waals surface area contributed by atoms with Gasteiger partial charge in [-0.25, -0.2) is 13.4 Å². The zero-order valence-electron chi connectivity index (χ0n) is 11.6. The Bertz CT molecular complexity index is 786. The van der Waals surface area contributed by atoms with Gasteiger partial charge in [0.05, 0.1) is 27.9 Å². The fraction of sp³-hybridized carbons (Fsp3) is 0.500. The number of aromatic nitrogens is 2. The zero-order valence-corrected chi connectivity index (χ0v) is 14.7. The quantitative estimate of drug-likeness (QED) is 0.731. The van der Waals surface area contributed by atoms with Crippen molar-refractivity contribution in [3.63, 3.8) is 0 Å². The van der Waals surface area contributed by atoms with Crippen molar-refractivity contribution in [1.29, 1.82) is 0 Å². The van der Waals surface area contributed by atoms with Crippen molar-refractivity contribution in [2.75, 3.05) is 11.5 Å². The third kappa shape index (κ3) is 2.98. The van der Waals surface area contributed by atoms with Crippen molar-refractivity contribution >= 4 is 48.4 Å². The van der Waals surface area contributed by atoms with Gasteiger partial charge in [0.1, 0.15) is 5.82 Å². The van der Waals surface area contributed by atoms with Crippen LogP contribution in [0.15, 0.2) is 22.7 Å². The molecule has 0 radical (unpaired) electrons. The first-order chi connectivity index (χ1) is 9.87. The van der Waals surface area contributed by atoms with Crippen LogP contribution >= 0.6 is 27.5 Å². The highest BCUT2D eigenvalue weighted by Gasteiger charge is 2.29. The number of sulfone groups is 1. The Hall–Kier alpha value is -0.590. The normalized spacial score (nSPS) is 23.3. The van der Waals surface area contributed by atoms with E-state index in [1.807, 2.05) is 29.7 Å². The molecule has 1 aromatic heterocycles. The summed E-state index contributed by atoms with van der Waals surface area (Å²) in [5, 5.41) is -0.263. The van der Waals surface area contributed by atoms with Gasteiger partial charge in [0.15, 0.2) is 9.84 Å². The third-order valence-electron chi connectivity index (χ3n) is 3.84. The number of imidazole rings is 1. The zero-order chi connectivity index (χ0) is 15.2. The van der Waals surface area contributed by atoms with Crippen molar-refractivity contribution < 1.29 is 8.42 Å². The van der Waals surface area contributed by atoms with E-state index in [1.54, 1.807) is 0 Å². The van der Waals surface area contributed by atoms with Crippen LogP contribution in [0.3, 0.4) is 0 Å². The molecule has 2 unspecified atom stereocenters. The van der Waals surface area contributed by atoms with Gasteiger partial charge in [-0.1, -0.05) is 15.9 Å². The van der Waals surface area contributed by atoms with Crippen LogP contribution in [-0.2, 0) is 9.84 Å². The molecule has 1 aromatic carbocycles. The van der Waals surface area contributed by atoms with Gasteiger partial charge in [-0.15, -0.1) is 11.6 Å². The topological polar surface area (TPSA) is 52.0 Å². The summed E-state index contributed by atoms with van der Waals surface area (Å²) in [6.07, 6.45) is 1.53. The molecule has 0 spiro atoms. The van der Waals surface area contributed by atoms with Crippen LogP contribution in [0.25, 0.3) is 11.0 Å². The van der Waals surface area contributed by atoms with E-state index in [0.717, 1.165) is 27.8 Å².